The molecule has 1 aromatic heterocycles. The summed E-state index contributed by atoms with van der Waals surface area (Å²) in [6.07, 6.45) is 0. The van der Waals surface area contributed by atoms with E-state index in [2.05, 4.69) is 33.7 Å². The lowest BCUT2D eigenvalue weighted by Crippen LogP contribution is -2.38. The fourth-order valence-electron chi connectivity index (χ4n) is 2.99. The smallest absolute Gasteiger partial charge is 0.244 e. The zero-order valence-electron chi connectivity index (χ0n) is 14.7. The van der Waals surface area contributed by atoms with E-state index < -0.39 is 10.0 Å². The maximum atomic E-state index is 12.7. The molecule has 1 aromatic carbocycles. The monoisotopic (exact) mass is 350 g/mol. The van der Waals surface area contributed by atoms with Crippen LogP contribution in [-0.4, -0.2) is 43.1 Å². The van der Waals surface area contributed by atoms with Crippen LogP contribution in [0.3, 0.4) is 0 Å². The molecule has 2 aromatic rings. The highest BCUT2D eigenvalue weighted by molar-refractivity contribution is 7.89. The summed E-state index contributed by atoms with van der Waals surface area (Å²) in [6.45, 7) is 9.59. The van der Waals surface area contributed by atoms with Crippen LogP contribution >= 0.6 is 0 Å². The lowest BCUT2D eigenvalue weighted by molar-refractivity contribution is 0.220. The number of aromatic nitrogens is 2. The van der Waals surface area contributed by atoms with Gasteiger partial charge >= 0.3 is 0 Å². The van der Waals surface area contributed by atoms with Crippen molar-refractivity contribution in [1.82, 2.24) is 19.8 Å². The number of nitrogens with zero attached hydrogens (tertiary/aromatic N) is 2. The minimum Gasteiger partial charge on any atom is -0.296 e. The zero-order chi connectivity index (χ0) is 17.7. The van der Waals surface area contributed by atoms with Crippen LogP contribution in [0.5, 0.6) is 0 Å². The van der Waals surface area contributed by atoms with E-state index in [1.165, 1.54) is 0 Å². The van der Waals surface area contributed by atoms with Gasteiger partial charge in [-0.05, 0) is 32.5 Å². The van der Waals surface area contributed by atoms with Gasteiger partial charge in [-0.1, -0.05) is 44.2 Å². The number of aromatic amines is 1. The molecule has 6 nitrogen and oxygen atoms in total. The Morgan fingerprint density at radius 2 is 1.79 bits per heavy atom. The second-order valence-corrected chi connectivity index (χ2v) is 7.47. The van der Waals surface area contributed by atoms with Crippen molar-refractivity contribution in [1.29, 1.82) is 0 Å². The Morgan fingerprint density at radius 1 is 1.17 bits per heavy atom. The first kappa shape index (κ1) is 18.6. The molecule has 0 fully saturated rings. The third-order valence-electron chi connectivity index (χ3n) is 4.23. The second-order valence-electron chi connectivity index (χ2n) is 5.76. The van der Waals surface area contributed by atoms with Crippen molar-refractivity contribution in [2.75, 3.05) is 19.6 Å². The molecule has 2 rings (SSSR count). The van der Waals surface area contributed by atoms with Crippen molar-refractivity contribution < 1.29 is 8.42 Å². The molecule has 0 bridgehead atoms. The van der Waals surface area contributed by atoms with Crippen LogP contribution in [0.15, 0.2) is 35.2 Å². The highest BCUT2D eigenvalue weighted by atomic mass is 32.2. The van der Waals surface area contributed by atoms with Crippen LogP contribution in [-0.2, 0) is 10.0 Å². The maximum Gasteiger partial charge on any atom is 0.244 e. The number of nitrogens with one attached hydrogen (secondary N) is 2. The number of sulfonamides is 1. The van der Waals surface area contributed by atoms with Crippen molar-refractivity contribution in [2.45, 2.75) is 38.6 Å². The second kappa shape index (κ2) is 7.92. The van der Waals surface area contributed by atoms with Gasteiger partial charge in [0.15, 0.2) is 0 Å². The number of rotatable bonds is 8. The highest BCUT2D eigenvalue weighted by Crippen LogP contribution is 2.22. The van der Waals surface area contributed by atoms with Gasteiger partial charge < -0.3 is 0 Å². The number of benzene rings is 1. The first-order valence-corrected chi connectivity index (χ1v) is 9.69. The van der Waals surface area contributed by atoms with E-state index in [0.717, 1.165) is 18.7 Å². The molecule has 132 valence electrons. The SMILES string of the molecule is CCN(CC)C(CNS(=O)(=O)c1c(C)n[nH]c1C)c1ccccc1. The summed E-state index contributed by atoms with van der Waals surface area (Å²) in [5, 5.41) is 6.71. The molecule has 0 aliphatic heterocycles. The van der Waals surface area contributed by atoms with Gasteiger partial charge in [0.05, 0.1) is 11.4 Å². The first-order chi connectivity index (χ1) is 11.4. The summed E-state index contributed by atoms with van der Waals surface area (Å²) >= 11 is 0. The van der Waals surface area contributed by atoms with E-state index in [1.807, 2.05) is 30.3 Å². The predicted octanol–water partition coefficient (Wildman–Crippen LogP) is 2.39. The van der Waals surface area contributed by atoms with E-state index in [4.69, 9.17) is 0 Å². The van der Waals surface area contributed by atoms with Gasteiger partial charge in [-0.3, -0.25) is 10.00 Å². The predicted molar refractivity (Wildman–Crippen MR) is 95.4 cm³/mol. The summed E-state index contributed by atoms with van der Waals surface area (Å²) < 4.78 is 28.1. The van der Waals surface area contributed by atoms with E-state index in [-0.39, 0.29) is 10.9 Å². The number of likely N-dealkylation sites (N-methyl/N-ethyl adjacent to an activating group) is 1. The number of H-pyrrole nitrogens is 1. The van der Waals surface area contributed by atoms with Gasteiger partial charge in [-0.15, -0.1) is 0 Å². The van der Waals surface area contributed by atoms with Gasteiger partial charge in [0.25, 0.3) is 0 Å². The summed E-state index contributed by atoms with van der Waals surface area (Å²) in [7, 11) is -3.60. The fraction of sp³-hybridized carbons (Fsp3) is 0.471. The Balaban J connectivity index is 2.25. The molecule has 0 saturated carbocycles. The largest absolute Gasteiger partial charge is 0.296 e. The van der Waals surface area contributed by atoms with Crippen molar-refractivity contribution >= 4 is 10.0 Å². The minimum absolute atomic E-state index is 0.0107. The summed E-state index contributed by atoms with van der Waals surface area (Å²) in [5.41, 5.74) is 2.14. The molecule has 1 heterocycles. The average Bonchev–Trinajstić information content (AvgIpc) is 2.91. The van der Waals surface area contributed by atoms with Gasteiger partial charge in [-0.25, -0.2) is 13.1 Å². The van der Waals surface area contributed by atoms with Crippen molar-refractivity contribution in [3.63, 3.8) is 0 Å². The van der Waals surface area contributed by atoms with Crippen molar-refractivity contribution in [3.8, 4) is 0 Å². The maximum absolute atomic E-state index is 12.7. The Kier molecular flexibility index (Phi) is 6.15. The molecule has 0 saturated heterocycles. The Labute approximate surface area is 144 Å². The minimum atomic E-state index is -3.60. The molecule has 24 heavy (non-hydrogen) atoms. The van der Waals surface area contributed by atoms with Crippen LogP contribution in [0.4, 0.5) is 0 Å². The average molecular weight is 350 g/mol. The molecule has 0 amide bonds. The van der Waals surface area contributed by atoms with E-state index in [0.29, 0.717) is 17.9 Å². The van der Waals surface area contributed by atoms with E-state index in [1.54, 1.807) is 13.8 Å². The zero-order valence-corrected chi connectivity index (χ0v) is 15.5. The first-order valence-electron chi connectivity index (χ1n) is 8.20. The molecule has 0 spiro atoms. The van der Waals surface area contributed by atoms with Gasteiger partial charge in [-0.2, -0.15) is 5.10 Å². The Bertz CT molecular complexity index is 733. The Morgan fingerprint density at radius 3 is 2.29 bits per heavy atom. The van der Waals surface area contributed by atoms with Gasteiger partial charge in [0.2, 0.25) is 10.0 Å². The summed E-state index contributed by atoms with van der Waals surface area (Å²) in [4.78, 5) is 2.49. The van der Waals surface area contributed by atoms with E-state index in [9.17, 15) is 8.42 Å². The number of hydrogen-bond acceptors (Lipinski definition) is 4. The standard InChI is InChI=1S/C17H26N4O2S/c1-5-21(6-2)16(15-10-8-7-9-11-15)12-18-24(22,23)17-13(3)19-20-14(17)4/h7-11,16,18H,5-6,12H2,1-4H3,(H,19,20). The van der Waals surface area contributed by atoms with Crippen LogP contribution in [0.2, 0.25) is 0 Å². The summed E-state index contributed by atoms with van der Waals surface area (Å²) in [6, 6.07) is 9.97. The number of aryl methyl sites for hydroxylation is 2. The van der Waals surface area contributed by atoms with Crippen LogP contribution in [0.25, 0.3) is 0 Å². The normalized spacial score (nSPS) is 13.4. The lowest BCUT2D eigenvalue weighted by Gasteiger charge is -2.30. The fourth-order valence-corrected chi connectivity index (χ4v) is 4.40. The molecular formula is C17H26N4O2S. The summed E-state index contributed by atoms with van der Waals surface area (Å²) in [5.74, 6) is 0. The van der Waals surface area contributed by atoms with Crippen LogP contribution in [0, 0.1) is 13.8 Å². The van der Waals surface area contributed by atoms with Crippen molar-refractivity contribution in [3.05, 3.63) is 47.3 Å². The molecular weight excluding hydrogens is 324 g/mol. The molecule has 7 heteroatoms. The molecule has 1 atom stereocenters. The van der Waals surface area contributed by atoms with Crippen molar-refractivity contribution in [2.24, 2.45) is 0 Å². The highest BCUT2D eigenvalue weighted by Gasteiger charge is 2.25. The molecule has 1 unspecified atom stereocenters. The van der Waals surface area contributed by atoms with E-state index >= 15 is 0 Å². The van der Waals surface area contributed by atoms with Crippen LogP contribution in [0.1, 0.15) is 36.8 Å². The quantitative estimate of drug-likeness (QED) is 0.766. The molecule has 0 radical (unpaired) electrons. The van der Waals surface area contributed by atoms with Gasteiger partial charge in [0, 0.05) is 12.6 Å². The molecule has 2 N–H and O–H groups in total. The Hall–Kier alpha value is -1.70. The lowest BCUT2D eigenvalue weighted by atomic mass is 10.1. The topological polar surface area (TPSA) is 78.1 Å². The third-order valence-corrected chi connectivity index (χ3v) is 5.92. The third kappa shape index (κ3) is 4.03. The van der Waals surface area contributed by atoms with Gasteiger partial charge in [0.1, 0.15) is 4.90 Å². The number of hydrogen-bond donors (Lipinski definition) is 2. The van der Waals surface area contributed by atoms with Crippen LogP contribution < -0.4 is 4.72 Å². The molecule has 0 aliphatic rings. The molecule has 0 aliphatic carbocycles.